The van der Waals surface area contributed by atoms with Crippen molar-refractivity contribution in [2.45, 2.75) is 0 Å². The number of nitrogens with zero attached hydrogens (tertiary/aromatic N) is 3. The van der Waals surface area contributed by atoms with E-state index in [1.54, 1.807) is 0 Å². The molecule has 0 bridgehead atoms. The molecule has 4 heteroatoms. The maximum absolute atomic E-state index is 6.66. The summed E-state index contributed by atoms with van der Waals surface area (Å²) in [6, 6.07) is 69.8. The molecule has 0 saturated carbocycles. The van der Waals surface area contributed by atoms with E-state index in [0.717, 1.165) is 77.2 Å². The van der Waals surface area contributed by atoms with Gasteiger partial charge in [-0.05, 0) is 67.6 Å². The zero-order valence-electron chi connectivity index (χ0n) is 30.8. The SMILES string of the molecule is c1ccc(-c2cccc3oc4c(-c5cccc(-c6nc(-c7ccc(-c8ccc9ccccc9c8)cc7)nc(-c7cccc8ccccc78)n6)c5)cccc4c23)cc1. The van der Waals surface area contributed by atoms with Crippen LogP contribution >= 0.6 is 0 Å². The van der Waals surface area contributed by atoms with Crippen LogP contribution in [0.5, 0.6) is 0 Å². The Morgan fingerprint density at radius 3 is 1.75 bits per heavy atom. The number of para-hydroxylation sites is 1. The van der Waals surface area contributed by atoms with E-state index in [1.807, 2.05) is 6.07 Å². The van der Waals surface area contributed by atoms with Crippen LogP contribution in [0.3, 0.4) is 0 Å². The van der Waals surface area contributed by atoms with Crippen molar-refractivity contribution >= 4 is 43.5 Å². The van der Waals surface area contributed by atoms with Crippen molar-refractivity contribution in [3.63, 3.8) is 0 Å². The van der Waals surface area contributed by atoms with Crippen molar-refractivity contribution in [2.24, 2.45) is 0 Å². The molecule has 0 saturated heterocycles. The molecule has 0 fully saturated rings. The van der Waals surface area contributed by atoms with Gasteiger partial charge < -0.3 is 4.42 Å². The summed E-state index contributed by atoms with van der Waals surface area (Å²) in [5, 5.41) is 6.87. The lowest BCUT2D eigenvalue weighted by atomic mass is 9.97. The lowest BCUT2D eigenvalue weighted by Gasteiger charge is -2.12. The number of aromatic nitrogens is 3. The van der Waals surface area contributed by atoms with Gasteiger partial charge >= 0.3 is 0 Å². The summed E-state index contributed by atoms with van der Waals surface area (Å²) in [5.74, 6) is 1.85. The van der Waals surface area contributed by atoms with Gasteiger partial charge in [0.25, 0.3) is 0 Å². The van der Waals surface area contributed by atoms with Crippen LogP contribution in [0.25, 0.3) is 111 Å². The van der Waals surface area contributed by atoms with E-state index in [1.165, 1.54) is 16.3 Å². The molecular weight excluding hydrogens is 695 g/mol. The zero-order chi connectivity index (χ0) is 37.7. The first kappa shape index (κ1) is 32.7. The maximum atomic E-state index is 6.66. The minimum atomic E-state index is 0.603. The van der Waals surface area contributed by atoms with E-state index >= 15 is 0 Å². The van der Waals surface area contributed by atoms with Crippen LogP contribution in [0.4, 0.5) is 0 Å². The first-order valence-electron chi connectivity index (χ1n) is 19.2. The van der Waals surface area contributed by atoms with Crippen LogP contribution in [-0.2, 0) is 0 Å². The van der Waals surface area contributed by atoms with Crippen LogP contribution in [0.15, 0.2) is 205 Å². The number of furan rings is 1. The molecule has 0 aliphatic rings. The number of hydrogen-bond donors (Lipinski definition) is 0. The first-order valence-corrected chi connectivity index (χ1v) is 19.2. The topological polar surface area (TPSA) is 51.8 Å². The van der Waals surface area contributed by atoms with Crippen LogP contribution in [-0.4, -0.2) is 15.0 Å². The Labute approximate surface area is 329 Å². The van der Waals surface area contributed by atoms with Gasteiger partial charge in [0.15, 0.2) is 17.5 Å². The summed E-state index contributed by atoms with van der Waals surface area (Å²) in [4.78, 5) is 15.5. The second kappa shape index (κ2) is 13.6. The zero-order valence-corrected chi connectivity index (χ0v) is 30.8. The highest BCUT2D eigenvalue weighted by Crippen LogP contribution is 2.41. The standard InChI is InChI=1S/C53H33N3O/c1-2-13-37(14-3-1)44-21-11-25-48-49(44)47-24-10-22-45(50(47)57-48)41-18-8-19-42(33-41)52-54-51(55-53(56-52)46-23-9-17-36-15-6-7-20-43(36)46)38-29-26-35(27-30-38)40-31-28-34-12-4-5-16-39(34)32-40/h1-33H. The molecular formula is C53H33N3O. The number of hydrogen-bond acceptors (Lipinski definition) is 4. The molecule has 4 nitrogen and oxygen atoms in total. The van der Waals surface area contributed by atoms with Crippen molar-refractivity contribution in [2.75, 3.05) is 0 Å². The molecule has 11 aromatic rings. The fourth-order valence-corrected chi connectivity index (χ4v) is 8.11. The normalized spacial score (nSPS) is 11.5. The summed E-state index contributed by atoms with van der Waals surface area (Å²) in [7, 11) is 0. The van der Waals surface area contributed by atoms with Gasteiger partial charge in [0.2, 0.25) is 0 Å². The first-order chi connectivity index (χ1) is 28.2. The van der Waals surface area contributed by atoms with E-state index in [2.05, 4.69) is 194 Å². The third-order valence-electron chi connectivity index (χ3n) is 10.9. The summed E-state index contributed by atoms with van der Waals surface area (Å²) < 4.78 is 6.66. The summed E-state index contributed by atoms with van der Waals surface area (Å²) >= 11 is 0. The molecule has 2 aromatic heterocycles. The average molecular weight is 728 g/mol. The van der Waals surface area contributed by atoms with Crippen molar-refractivity contribution in [3.8, 4) is 67.5 Å². The average Bonchev–Trinajstić information content (AvgIpc) is 3.68. The molecule has 9 aromatic carbocycles. The van der Waals surface area contributed by atoms with E-state index < -0.39 is 0 Å². The molecule has 0 aliphatic carbocycles. The Hall–Kier alpha value is -7.69. The Bertz CT molecular complexity index is 3290. The van der Waals surface area contributed by atoms with E-state index in [9.17, 15) is 0 Å². The minimum absolute atomic E-state index is 0.603. The lowest BCUT2D eigenvalue weighted by Crippen LogP contribution is -2.00. The van der Waals surface area contributed by atoms with Gasteiger partial charge in [-0.3, -0.25) is 0 Å². The highest BCUT2D eigenvalue weighted by atomic mass is 16.3. The minimum Gasteiger partial charge on any atom is -0.455 e. The van der Waals surface area contributed by atoms with E-state index in [0.29, 0.717) is 17.5 Å². The lowest BCUT2D eigenvalue weighted by molar-refractivity contribution is 0.670. The van der Waals surface area contributed by atoms with Gasteiger partial charge in [-0.25, -0.2) is 15.0 Å². The maximum Gasteiger partial charge on any atom is 0.164 e. The quantitative estimate of drug-likeness (QED) is 0.171. The van der Waals surface area contributed by atoms with Crippen LogP contribution in [0.2, 0.25) is 0 Å². The predicted octanol–water partition coefficient (Wildman–Crippen LogP) is 14.1. The van der Waals surface area contributed by atoms with Gasteiger partial charge in [0.05, 0.1) is 0 Å². The van der Waals surface area contributed by atoms with Gasteiger partial charge in [-0.2, -0.15) is 0 Å². The van der Waals surface area contributed by atoms with Crippen molar-refractivity contribution in [1.82, 2.24) is 15.0 Å². The number of benzene rings is 9. The van der Waals surface area contributed by atoms with Crippen LogP contribution in [0, 0.1) is 0 Å². The molecule has 0 atom stereocenters. The molecule has 0 N–H and O–H groups in total. The molecule has 0 spiro atoms. The third kappa shape index (κ3) is 5.83. The van der Waals surface area contributed by atoms with E-state index in [-0.39, 0.29) is 0 Å². The second-order valence-corrected chi connectivity index (χ2v) is 14.4. The molecule has 266 valence electrons. The Kier molecular flexibility index (Phi) is 7.78. The molecule has 57 heavy (non-hydrogen) atoms. The summed E-state index contributed by atoms with van der Waals surface area (Å²) in [6.45, 7) is 0. The van der Waals surface area contributed by atoms with Gasteiger partial charge in [0.1, 0.15) is 11.2 Å². The molecule has 0 amide bonds. The monoisotopic (exact) mass is 727 g/mol. The van der Waals surface area contributed by atoms with Gasteiger partial charge in [0, 0.05) is 33.0 Å². The largest absolute Gasteiger partial charge is 0.455 e. The van der Waals surface area contributed by atoms with Gasteiger partial charge in [-0.1, -0.05) is 182 Å². The fourth-order valence-electron chi connectivity index (χ4n) is 8.11. The van der Waals surface area contributed by atoms with Crippen LogP contribution < -0.4 is 0 Å². The molecule has 11 rings (SSSR count). The highest BCUT2D eigenvalue weighted by Gasteiger charge is 2.18. The highest BCUT2D eigenvalue weighted by molar-refractivity contribution is 6.15. The Morgan fingerprint density at radius 1 is 0.298 bits per heavy atom. The Morgan fingerprint density at radius 2 is 0.877 bits per heavy atom. The van der Waals surface area contributed by atoms with Crippen molar-refractivity contribution in [3.05, 3.63) is 200 Å². The van der Waals surface area contributed by atoms with Crippen molar-refractivity contribution in [1.29, 1.82) is 0 Å². The third-order valence-corrected chi connectivity index (χ3v) is 10.9. The Balaban J connectivity index is 1.04. The molecule has 0 radical (unpaired) electrons. The summed E-state index contributed by atoms with van der Waals surface area (Å²) in [5.41, 5.74) is 11.1. The molecule has 0 unspecified atom stereocenters. The fraction of sp³-hybridized carbons (Fsp3) is 0. The number of rotatable bonds is 6. The smallest absolute Gasteiger partial charge is 0.164 e. The van der Waals surface area contributed by atoms with Crippen molar-refractivity contribution < 1.29 is 4.42 Å². The van der Waals surface area contributed by atoms with E-state index in [4.69, 9.17) is 19.4 Å². The van der Waals surface area contributed by atoms with Crippen LogP contribution in [0.1, 0.15) is 0 Å². The molecule has 2 heterocycles. The molecule has 0 aliphatic heterocycles. The number of fused-ring (bicyclic) bond motifs is 5. The second-order valence-electron chi connectivity index (χ2n) is 14.4. The van der Waals surface area contributed by atoms with Gasteiger partial charge in [-0.15, -0.1) is 0 Å². The summed E-state index contributed by atoms with van der Waals surface area (Å²) in [6.07, 6.45) is 0. The predicted molar refractivity (Wildman–Crippen MR) is 235 cm³/mol.